The summed E-state index contributed by atoms with van der Waals surface area (Å²) < 4.78 is 13.8. The molecule has 1 aromatic carbocycles. The number of rotatable bonds is 4. The zero-order chi connectivity index (χ0) is 12.3. The number of nitrogens with zero attached hydrogens (tertiary/aromatic N) is 2. The van der Waals surface area contributed by atoms with E-state index in [1.54, 1.807) is 6.07 Å². The molecule has 3 nitrogen and oxygen atoms in total. The number of halogens is 2. The molecule has 0 radical (unpaired) electrons. The van der Waals surface area contributed by atoms with Crippen LogP contribution in [-0.4, -0.2) is 16.7 Å². The van der Waals surface area contributed by atoms with E-state index in [9.17, 15) is 4.39 Å². The molecule has 17 heavy (non-hydrogen) atoms. The molecule has 90 valence electrons. The fraction of sp³-hybridized carbons (Fsp3) is 0.273. The van der Waals surface area contributed by atoms with Crippen molar-refractivity contribution in [3.63, 3.8) is 0 Å². The van der Waals surface area contributed by atoms with Crippen LogP contribution in [0.1, 0.15) is 11.9 Å². The molecule has 0 fully saturated rings. The van der Waals surface area contributed by atoms with E-state index >= 15 is 0 Å². The van der Waals surface area contributed by atoms with E-state index in [4.69, 9.17) is 0 Å². The van der Waals surface area contributed by atoms with E-state index in [2.05, 4.69) is 38.1 Å². The second kappa shape index (κ2) is 5.83. The van der Waals surface area contributed by atoms with Crippen LogP contribution < -0.4 is 5.32 Å². The molecule has 2 rings (SSSR count). The van der Waals surface area contributed by atoms with E-state index in [0.717, 1.165) is 32.2 Å². The molecule has 0 aliphatic heterocycles. The molecular formula is C11H11FIN3S. The summed E-state index contributed by atoms with van der Waals surface area (Å²) in [5.74, 6) is -0.226. The van der Waals surface area contributed by atoms with Gasteiger partial charge >= 0.3 is 0 Å². The third-order valence-corrected chi connectivity index (χ3v) is 4.00. The van der Waals surface area contributed by atoms with Gasteiger partial charge in [0.2, 0.25) is 0 Å². The highest BCUT2D eigenvalue weighted by Gasteiger charge is 2.10. The predicted molar refractivity (Wildman–Crippen MR) is 75.4 cm³/mol. The standard InChI is InChI=1S/C11H11FIN3S/c1-2-14-6-10-15-16-11(17-10)8-4-3-7(12)5-9(8)13/h3-5,14H,2,6H2,1H3. The Labute approximate surface area is 117 Å². The normalized spacial score (nSPS) is 10.8. The topological polar surface area (TPSA) is 37.8 Å². The first-order chi connectivity index (χ1) is 8.20. The highest BCUT2D eigenvalue weighted by atomic mass is 127. The molecule has 0 aliphatic rings. The van der Waals surface area contributed by atoms with E-state index in [0.29, 0.717) is 0 Å². The van der Waals surface area contributed by atoms with Gasteiger partial charge in [-0.05, 0) is 47.3 Å². The molecule has 0 spiro atoms. The third-order valence-electron chi connectivity index (χ3n) is 2.15. The van der Waals surface area contributed by atoms with Crippen LogP contribution in [0.5, 0.6) is 0 Å². The molecule has 0 saturated heterocycles. The van der Waals surface area contributed by atoms with Crippen molar-refractivity contribution < 1.29 is 4.39 Å². The second-order valence-electron chi connectivity index (χ2n) is 3.41. The number of nitrogens with one attached hydrogen (secondary N) is 1. The van der Waals surface area contributed by atoms with Gasteiger partial charge in [-0.2, -0.15) is 0 Å². The largest absolute Gasteiger partial charge is 0.311 e. The van der Waals surface area contributed by atoms with Gasteiger partial charge in [-0.3, -0.25) is 0 Å². The van der Waals surface area contributed by atoms with Crippen LogP contribution in [-0.2, 0) is 6.54 Å². The van der Waals surface area contributed by atoms with Crippen molar-refractivity contribution in [3.8, 4) is 10.6 Å². The van der Waals surface area contributed by atoms with Crippen LogP contribution in [0.15, 0.2) is 18.2 Å². The van der Waals surface area contributed by atoms with Crippen LogP contribution in [0.25, 0.3) is 10.6 Å². The van der Waals surface area contributed by atoms with Crippen molar-refractivity contribution in [2.24, 2.45) is 0 Å². The fourth-order valence-corrected chi connectivity index (χ4v) is 3.09. The number of hydrogen-bond acceptors (Lipinski definition) is 4. The summed E-state index contributed by atoms with van der Waals surface area (Å²) in [6, 6.07) is 4.69. The summed E-state index contributed by atoms with van der Waals surface area (Å²) >= 11 is 3.64. The van der Waals surface area contributed by atoms with Gasteiger partial charge in [0.1, 0.15) is 15.8 Å². The number of benzene rings is 1. The first kappa shape index (κ1) is 12.8. The minimum absolute atomic E-state index is 0.226. The van der Waals surface area contributed by atoms with E-state index in [1.807, 2.05) is 6.92 Å². The summed E-state index contributed by atoms with van der Waals surface area (Å²) in [7, 11) is 0. The highest BCUT2D eigenvalue weighted by Crippen LogP contribution is 2.28. The van der Waals surface area contributed by atoms with Gasteiger partial charge in [0, 0.05) is 15.7 Å². The highest BCUT2D eigenvalue weighted by molar-refractivity contribution is 14.1. The zero-order valence-electron chi connectivity index (χ0n) is 9.20. The van der Waals surface area contributed by atoms with E-state index in [-0.39, 0.29) is 5.82 Å². The van der Waals surface area contributed by atoms with Crippen molar-refractivity contribution in [2.45, 2.75) is 13.5 Å². The zero-order valence-corrected chi connectivity index (χ0v) is 12.2. The maximum Gasteiger partial charge on any atom is 0.148 e. The summed E-state index contributed by atoms with van der Waals surface area (Å²) in [5.41, 5.74) is 0.937. The van der Waals surface area contributed by atoms with Gasteiger partial charge in [-0.15, -0.1) is 10.2 Å². The molecule has 0 saturated carbocycles. The molecule has 6 heteroatoms. The van der Waals surface area contributed by atoms with E-state index < -0.39 is 0 Å². The van der Waals surface area contributed by atoms with Gasteiger partial charge in [-0.25, -0.2) is 4.39 Å². The molecule has 0 amide bonds. The van der Waals surface area contributed by atoms with Crippen molar-refractivity contribution in [1.29, 1.82) is 0 Å². The third kappa shape index (κ3) is 3.20. The Morgan fingerprint density at radius 3 is 2.94 bits per heavy atom. The summed E-state index contributed by atoms with van der Waals surface area (Å²) in [6.45, 7) is 3.68. The minimum atomic E-state index is -0.226. The van der Waals surface area contributed by atoms with Crippen LogP contribution >= 0.6 is 33.9 Å². The van der Waals surface area contributed by atoms with Gasteiger partial charge in [-0.1, -0.05) is 18.3 Å². The first-order valence-electron chi connectivity index (χ1n) is 5.19. The Kier molecular flexibility index (Phi) is 4.41. The molecule has 2 aromatic rings. The van der Waals surface area contributed by atoms with Gasteiger partial charge < -0.3 is 5.32 Å². The molecule has 1 heterocycles. The lowest BCUT2D eigenvalue weighted by Crippen LogP contribution is -2.11. The Balaban J connectivity index is 2.24. The lowest BCUT2D eigenvalue weighted by Gasteiger charge is -1.99. The van der Waals surface area contributed by atoms with Crippen LogP contribution in [0, 0.1) is 9.39 Å². The molecule has 0 aliphatic carbocycles. The summed E-state index contributed by atoms with van der Waals surface area (Å²) in [6.07, 6.45) is 0. The SMILES string of the molecule is CCNCc1nnc(-c2ccc(F)cc2I)s1. The molecule has 0 bridgehead atoms. The number of aromatic nitrogens is 2. The van der Waals surface area contributed by atoms with Crippen LogP contribution in [0.2, 0.25) is 0 Å². The molecule has 0 unspecified atom stereocenters. The van der Waals surface area contributed by atoms with Crippen molar-refractivity contribution >= 4 is 33.9 Å². The van der Waals surface area contributed by atoms with Crippen LogP contribution in [0.3, 0.4) is 0 Å². The van der Waals surface area contributed by atoms with Gasteiger partial charge in [0.25, 0.3) is 0 Å². The lowest BCUT2D eigenvalue weighted by molar-refractivity contribution is 0.627. The smallest absolute Gasteiger partial charge is 0.148 e. The molecule has 1 aromatic heterocycles. The van der Waals surface area contributed by atoms with Crippen LogP contribution in [0.4, 0.5) is 4.39 Å². The lowest BCUT2D eigenvalue weighted by atomic mass is 10.2. The van der Waals surface area contributed by atoms with Crippen molar-refractivity contribution in [1.82, 2.24) is 15.5 Å². The Hall–Kier alpha value is -0.600. The summed E-state index contributed by atoms with van der Waals surface area (Å²) in [5, 5.41) is 13.2. The van der Waals surface area contributed by atoms with E-state index in [1.165, 1.54) is 23.5 Å². The molecule has 0 atom stereocenters. The second-order valence-corrected chi connectivity index (χ2v) is 5.63. The van der Waals surface area contributed by atoms with Crippen molar-refractivity contribution in [3.05, 3.63) is 32.6 Å². The average Bonchev–Trinajstić information content (AvgIpc) is 2.75. The monoisotopic (exact) mass is 363 g/mol. The predicted octanol–water partition coefficient (Wildman–Crippen LogP) is 3.06. The molecular weight excluding hydrogens is 352 g/mol. The molecule has 1 N–H and O–H groups in total. The Morgan fingerprint density at radius 2 is 2.24 bits per heavy atom. The quantitative estimate of drug-likeness (QED) is 0.849. The Morgan fingerprint density at radius 1 is 1.41 bits per heavy atom. The number of hydrogen-bond donors (Lipinski definition) is 1. The van der Waals surface area contributed by atoms with Gasteiger partial charge in [0.15, 0.2) is 0 Å². The van der Waals surface area contributed by atoms with Gasteiger partial charge in [0.05, 0.1) is 0 Å². The average molecular weight is 363 g/mol. The summed E-state index contributed by atoms with van der Waals surface area (Å²) in [4.78, 5) is 0. The maximum absolute atomic E-state index is 13.0. The maximum atomic E-state index is 13.0. The minimum Gasteiger partial charge on any atom is -0.311 e. The Bertz CT molecular complexity index is 515. The fourth-order valence-electron chi connectivity index (χ4n) is 1.33. The first-order valence-corrected chi connectivity index (χ1v) is 7.08. The van der Waals surface area contributed by atoms with Crippen molar-refractivity contribution in [2.75, 3.05) is 6.54 Å².